The number of hydrogen-bond acceptors (Lipinski definition) is 7. The fourth-order valence-corrected chi connectivity index (χ4v) is 4.90. The summed E-state index contributed by atoms with van der Waals surface area (Å²) >= 11 is 2.98. The van der Waals surface area contributed by atoms with E-state index in [1.807, 2.05) is 13.0 Å². The summed E-state index contributed by atoms with van der Waals surface area (Å²) in [5.74, 6) is 2.10. The lowest BCUT2D eigenvalue weighted by Crippen LogP contribution is -2.27. The number of nitrogens with one attached hydrogen (secondary N) is 1. The van der Waals surface area contributed by atoms with Crippen LogP contribution in [0.3, 0.4) is 0 Å². The van der Waals surface area contributed by atoms with Crippen molar-refractivity contribution in [1.29, 1.82) is 0 Å². The summed E-state index contributed by atoms with van der Waals surface area (Å²) in [6.07, 6.45) is 5.08. The standard InChI is InChI=1S/C19H21N3O3S2/c1-11-5-6-15-13(8-11)9-16(27-15)18-21-22-19(25-18)26-10-17(23)20-12(2)14-4-3-7-24-14/h3-4,7,9,11-12H,5-6,8,10H2,1-2H3,(H,20,23)/t11-,12+/m0/s1. The molecule has 0 saturated carbocycles. The maximum absolute atomic E-state index is 12.1. The van der Waals surface area contributed by atoms with Gasteiger partial charge in [-0.2, -0.15) is 0 Å². The zero-order valence-electron chi connectivity index (χ0n) is 15.2. The molecule has 3 aromatic heterocycles. The predicted molar refractivity (Wildman–Crippen MR) is 105 cm³/mol. The third kappa shape index (κ3) is 4.27. The highest BCUT2D eigenvalue weighted by atomic mass is 32.2. The van der Waals surface area contributed by atoms with Gasteiger partial charge >= 0.3 is 0 Å². The molecule has 0 aliphatic heterocycles. The zero-order chi connectivity index (χ0) is 18.8. The molecule has 0 fully saturated rings. The molecule has 1 N–H and O–H groups in total. The molecular weight excluding hydrogens is 382 g/mol. The van der Waals surface area contributed by atoms with Crippen molar-refractivity contribution in [2.75, 3.05) is 5.75 Å². The summed E-state index contributed by atoms with van der Waals surface area (Å²) in [5.41, 5.74) is 1.41. The first-order valence-corrected chi connectivity index (χ1v) is 10.8. The number of furan rings is 1. The SMILES string of the molecule is C[C@H]1CCc2sc(-c3nnc(SCC(=O)N[C@H](C)c4ccco4)o3)cc2C1. The fraction of sp³-hybridized carbons (Fsp3) is 0.421. The number of aryl methyl sites for hydroxylation is 1. The van der Waals surface area contributed by atoms with Crippen LogP contribution in [-0.4, -0.2) is 21.9 Å². The van der Waals surface area contributed by atoms with Crippen molar-refractivity contribution < 1.29 is 13.6 Å². The Morgan fingerprint density at radius 2 is 2.37 bits per heavy atom. The van der Waals surface area contributed by atoms with E-state index in [0.717, 1.165) is 29.4 Å². The maximum atomic E-state index is 12.1. The van der Waals surface area contributed by atoms with Crippen LogP contribution >= 0.6 is 23.1 Å². The highest BCUT2D eigenvalue weighted by Gasteiger charge is 2.21. The minimum absolute atomic E-state index is 0.107. The number of thioether (sulfide) groups is 1. The molecule has 3 heterocycles. The average molecular weight is 404 g/mol. The van der Waals surface area contributed by atoms with Crippen molar-refractivity contribution in [3.63, 3.8) is 0 Å². The second-order valence-electron chi connectivity index (χ2n) is 6.87. The average Bonchev–Trinajstić information content (AvgIpc) is 3.38. The lowest BCUT2D eigenvalue weighted by atomic mass is 9.90. The Bertz CT molecular complexity index is 917. The summed E-state index contributed by atoms with van der Waals surface area (Å²) in [6, 6.07) is 5.64. The van der Waals surface area contributed by atoms with Crippen molar-refractivity contribution in [2.24, 2.45) is 5.92 Å². The van der Waals surface area contributed by atoms with E-state index in [0.29, 0.717) is 11.1 Å². The molecule has 6 nitrogen and oxygen atoms in total. The summed E-state index contributed by atoms with van der Waals surface area (Å²) in [6.45, 7) is 4.17. The van der Waals surface area contributed by atoms with Crippen molar-refractivity contribution in [3.8, 4) is 10.8 Å². The third-order valence-corrected chi connectivity index (χ3v) is 6.66. The summed E-state index contributed by atoms with van der Waals surface area (Å²) in [7, 11) is 0. The van der Waals surface area contributed by atoms with E-state index in [9.17, 15) is 4.79 Å². The minimum Gasteiger partial charge on any atom is -0.467 e. The van der Waals surface area contributed by atoms with Crippen LogP contribution in [0.25, 0.3) is 10.8 Å². The Balaban J connectivity index is 1.34. The van der Waals surface area contributed by atoms with E-state index in [-0.39, 0.29) is 17.7 Å². The molecule has 3 aromatic rings. The quantitative estimate of drug-likeness (QED) is 0.611. The Hall–Kier alpha value is -2.06. The maximum Gasteiger partial charge on any atom is 0.277 e. The zero-order valence-corrected chi connectivity index (χ0v) is 16.9. The van der Waals surface area contributed by atoms with Crippen LogP contribution in [0.15, 0.2) is 38.5 Å². The number of amides is 1. The monoisotopic (exact) mass is 403 g/mol. The van der Waals surface area contributed by atoms with Crippen LogP contribution in [-0.2, 0) is 17.6 Å². The van der Waals surface area contributed by atoms with Gasteiger partial charge < -0.3 is 14.2 Å². The van der Waals surface area contributed by atoms with Gasteiger partial charge in [0.1, 0.15) is 5.76 Å². The molecule has 1 aliphatic carbocycles. The highest BCUT2D eigenvalue weighted by Crippen LogP contribution is 2.37. The second kappa shape index (κ2) is 7.90. The van der Waals surface area contributed by atoms with Crippen molar-refractivity contribution in [1.82, 2.24) is 15.5 Å². The van der Waals surface area contributed by atoms with Crippen LogP contribution in [0.5, 0.6) is 0 Å². The molecule has 4 rings (SSSR count). The van der Waals surface area contributed by atoms with Crippen LogP contribution in [0, 0.1) is 5.92 Å². The molecular formula is C19H21N3O3S2. The van der Waals surface area contributed by atoms with Gasteiger partial charge in [-0.25, -0.2) is 0 Å². The van der Waals surface area contributed by atoms with E-state index >= 15 is 0 Å². The summed E-state index contributed by atoms with van der Waals surface area (Å²) in [4.78, 5) is 14.6. The molecule has 1 aliphatic rings. The van der Waals surface area contributed by atoms with Crippen LogP contribution in [0.1, 0.15) is 42.5 Å². The molecule has 27 heavy (non-hydrogen) atoms. The van der Waals surface area contributed by atoms with Crippen LogP contribution in [0.4, 0.5) is 0 Å². The van der Waals surface area contributed by atoms with E-state index in [4.69, 9.17) is 8.83 Å². The highest BCUT2D eigenvalue weighted by molar-refractivity contribution is 7.99. The van der Waals surface area contributed by atoms with Gasteiger partial charge in [-0.3, -0.25) is 4.79 Å². The Kier molecular flexibility index (Phi) is 5.36. The van der Waals surface area contributed by atoms with Crippen molar-refractivity contribution in [3.05, 3.63) is 40.7 Å². The normalized spacial score (nSPS) is 17.5. The molecule has 1 amide bonds. The fourth-order valence-electron chi connectivity index (χ4n) is 3.20. The smallest absolute Gasteiger partial charge is 0.277 e. The molecule has 0 radical (unpaired) electrons. The predicted octanol–water partition coefficient (Wildman–Crippen LogP) is 4.49. The number of carbonyl (C=O) groups excluding carboxylic acids is 1. The van der Waals surface area contributed by atoms with E-state index in [1.165, 1.54) is 28.6 Å². The van der Waals surface area contributed by atoms with E-state index < -0.39 is 0 Å². The second-order valence-corrected chi connectivity index (χ2v) is 8.94. The third-order valence-electron chi connectivity index (χ3n) is 4.62. The Morgan fingerprint density at radius 1 is 1.48 bits per heavy atom. The van der Waals surface area contributed by atoms with Gasteiger partial charge in [-0.05, 0) is 55.9 Å². The van der Waals surface area contributed by atoms with Gasteiger partial charge in [-0.15, -0.1) is 21.5 Å². The Morgan fingerprint density at radius 3 is 3.19 bits per heavy atom. The van der Waals surface area contributed by atoms with Gasteiger partial charge in [0.15, 0.2) is 0 Å². The number of carbonyl (C=O) groups is 1. The first-order valence-electron chi connectivity index (χ1n) is 8.99. The molecule has 0 saturated heterocycles. The number of rotatable bonds is 6. The van der Waals surface area contributed by atoms with Crippen LogP contribution in [0.2, 0.25) is 0 Å². The summed E-state index contributed by atoms with van der Waals surface area (Å²) in [5, 5.41) is 11.5. The molecule has 8 heteroatoms. The topological polar surface area (TPSA) is 81.2 Å². The van der Waals surface area contributed by atoms with Crippen LogP contribution < -0.4 is 5.32 Å². The van der Waals surface area contributed by atoms with Gasteiger partial charge in [0.05, 0.1) is 22.9 Å². The molecule has 142 valence electrons. The molecule has 0 bridgehead atoms. The number of thiophene rings is 1. The molecule has 0 unspecified atom stereocenters. The first kappa shape index (κ1) is 18.3. The van der Waals surface area contributed by atoms with Gasteiger partial charge in [0.2, 0.25) is 5.91 Å². The van der Waals surface area contributed by atoms with Gasteiger partial charge in [-0.1, -0.05) is 18.7 Å². The van der Waals surface area contributed by atoms with Crippen molar-refractivity contribution >= 4 is 29.0 Å². The van der Waals surface area contributed by atoms with Gasteiger partial charge in [0, 0.05) is 4.88 Å². The number of hydrogen-bond donors (Lipinski definition) is 1. The van der Waals surface area contributed by atoms with Crippen molar-refractivity contribution in [2.45, 2.75) is 44.4 Å². The number of nitrogens with zero attached hydrogens (tertiary/aromatic N) is 2. The molecule has 0 spiro atoms. The Labute approximate surface area is 165 Å². The van der Waals surface area contributed by atoms with E-state index in [1.54, 1.807) is 23.7 Å². The largest absolute Gasteiger partial charge is 0.467 e. The minimum atomic E-state index is -0.175. The molecule has 0 aromatic carbocycles. The lowest BCUT2D eigenvalue weighted by Gasteiger charge is -2.16. The number of aromatic nitrogens is 2. The van der Waals surface area contributed by atoms with Gasteiger partial charge in [0.25, 0.3) is 11.1 Å². The van der Waals surface area contributed by atoms with E-state index in [2.05, 4.69) is 28.5 Å². The first-order chi connectivity index (χ1) is 13.1. The summed E-state index contributed by atoms with van der Waals surface area (Å²) < 4.78 is 11.0. The number of fused-ring (bicyclic) bond motifs is 1. The lowest BCUT2D eigenvalue weighted by molar-refractivity contribution is -0.119. The molecule has 2 atom stereocenters.